The largest absolute Gasteiger partial charge is 0.380 e. The van der Waals surface area contributed by atoms with Gasteiger partial charge in [0.25, 0.3) is 11.8 Å². The number of aromatic nitrogens is 2. The van der Waals surface area contributed by atoms with E-state index in [9.17, 15) is 19.8 Å². The van der Waals surface area contributed by atoms with Crippen LogP contribution in [0.4, 0.5) is 0 Å². The van der Waals surface area contributed by atoms with Gasteiger partial charge in [0.05, 0.1) is 17.8 Å². The molecule has 1 heterocycles. The van der Waals surface area contributed by atoms with Crippen LogP contribution in [0.3, 0.4) is 0 Å². The molecule has 0 radical (unpaired) electrons. The van der Waals surface area contributed by atoms with Gasteiger partial charge in [-0.3, -0.25) is 9.59 Å². The molecule has 2 aromatic carbocycles. The maximum Gasteiger partial charge on any atom is 0.254 e. The molecule has 3 rings (SSSR count). The van der Waals surface area contributed by atoms with Gasteiger partial charge in [0.15, 0.2) is 12.2 Å². The fraction of sp³-hybridized carbons (Fsp3) is 0.292. The van der Waals surface area contributed by atoms with Crippen molar-refractivity contribution in [3.05, 3.63) is 83.1 Å². The Morgan fingerprint density at radius 2 is 1.73 bits per heavy atom. The first-order valence-electron chi connectivity index (χ1n) is 10.5. The number of rotatable bonds is 8. The fourth-order valence-corrected chi connectivity index (χ4v) is 3.59. The molecule has 1 aromatic heterocycles. The summed E-state index contributed by atoms with van der Waals surface area (Å²) < 4.78 is 1.71. The number of nitrogens with zero attached hydrogens (tertiary/aromatic N) is 3. The summed E-state index contributed by atoms with van der Waals surface area (Å²) in [6.07, 6.45) is -0.333. The molecule has 0 aliphatic rings. The van der Waals surface area contributed by atoms with Crippen LogP contribution in [0.25, 0.3) is 5.69 Å². The van der Waals surface area contributed by atoms with E-state index in [1.54, 1.807) is 49.0 Å². The summed E-state index contributed by atoms with van der Waals surface area (Å²) in [5.41, 5.74) is 2.41. The van der Waals surface area contributed by atoms with Crippen molar-refractivity contribution in [2.45, 2.75) is 38.1 Å². The van der Waals surface area contributed by atoms with Gasteiger partial charge in [-0.2, -0.15) is 5.10 Å². The maximum absolute atomic E-state index is 12.7. The monoisotopic (exact) mass is 470 g/mol. The molecule has 174 valence electrons. The number of hydrogen-bond donors (Lipinski definition) is 3. The zero-order valence-electron chi connectivity index (χ0n) is 18.6. The smallest absolute Gasteiger partial charge is 0.254 e. The average Bonchev–Trinajstić information content (AvgIpc) is 3.36. The highest BCUT2D eigenvalue weighted by Gasteiger charge is 2.34. The third-order valence-electron chi connectivity index (χ3n) is 5.60. The molecular weight excluding hydrogens is 444 g/mol. The van der Waals surface area contributed by atoms with E-state index in [0.717, 1.165) is 16.8 Å². The molecule has 0 saturated carbocycles. The van der Waals surface area contributed by atoms with E-state index in [2.05, 4.69) is 10.4 Å². The molecule has 3 N–H and O–H groups in total. The lowest BCUT2D eigenvalue weighted by Crippen LogP contribution is -2.50. The summed E-state index contributed by atoms with van der Waals surface area (Å²) in [5.74, 6) is -1.62. The van der Waals surface area contributed by atoms with Crippen LogP contribution < -0.4 is 5.32 Å². The second-order valence-corrected chi connectivity index (χ2v) is 8.28. The summed E-state index contributed by atoms with van der Waals surface area (Å²) in [5, 5.41) is 28.0. The van der Waals surface area contributed by atoms with E-state index < -0.39 is 36.1 Å². The van der Waals surface area contributed by atoms with Crippen molar-refractivity contribution in [3.63, 3.8) is 0 Å². The van der Waals surface area contributed by atoms with Crippen LogP contribution in [-0.4, -0.2) is 56.0 Å². The van der Waals surface area contributed by atoms with E-state index in [1.807, 2.05) is 36.5 Å². The number of benzene rings is 2. The minimum Gasteiger partial charge on any atom is -0.380 e. The van der Waals surface area contributed by atoms with Crippen molar-refractivity contribution < 1.29 is 19.8 Å². The van der Waals surface area contributed by atoms with E-state index in [4.69, 9.17) is 11.6 Å². The number of hydrogen-bond acceptors (Lipinski definition) is 5. The molecule has 0 aliphatic carbocycles. The van der Waals surface area contributed by atoms with Gasteiger partial charge in [0.1, 0.15) is 0 Å². The Morgan fingerprint density at radius 3 is 2.33 bits per heavy atom. The summed E-state index contributed by atoms with van der Waals surface area (Å²) in [7, 11) is 1.49. The Labute approximate surface area is 197 Å². The highest BCUT2D eigenvalue weighted by atomic mass is 35.5. The zero-order valence-corrected chi connectivity index (χ0v) is 19.3. The summed E-state index contributed by atoms with van der Waals surface area (Å²) in [6, 6.07) is 15.3. The molecular formula is C24H27ClN4O4. The third kappa shape index (κ3) is 5.78. The van der Waals surface area contributed by atoms with Crippen LogP contribution in [0, 0.1) is 0 Å². The first-order valence-corrected chi connectivity index (χ1v) is 10.9. The molecule has 0 bridgehead atoms. The van der Waals surface area contributed by atoms with E-state index in [-0.39, 0.29) is 0 Å². The van der Waals surface area contributed by atoms with Gasteiger partial charge in [-0.25, -0.2) is 4.68 Å². The number of carbonyl (C=O) groups excluding carboxylic acids is 2. The fourth-order valence-electron chi connectivity index (χ4n) is 3.39. The van der Waals surface area contributed by atoms with Crippen LogP contribution in [0.15, 0.2) is 67.0 Å². The molecule has 2 amide bonds. The van der Waals surface area contributed by atoms with Gasteiger partial charge < -0.3 is 20.4 Å². The second-order valence-electron chi connectivity index (χ2n) is 7.84. The molecule has 0 aliphatic heterocycles. The predicted molar refractivity (Wildman–Crippen MR) is 125 cm³/mol. The standard InChI is InChI=1S/C24H27ClN4O4/c1-15(17-8-10-20(11-9-17)29-13-5-12-26-29)27-23(32)21(30)22(31)24(33)28(3)16(2)18-6-4-7-19(25)14-18/h4-16,21-22,30-31H,1-3H3,(H,27,32)/t15-,16?,21-,22-/m1/s1. The van der Waals surface area contributed by atoms with Crippen LogP contribution in [0.1, 0.15) is 37.1 Å². The highest BCUT2D eigenvalue weighted by molar-refractivity contribution is 6.30. The molecule has 8 nitrogen and oxygen atoms in total. The Balaban J connectivity index is 1.60. The lowest BCUT2D eigenvalue weighted by Gasteiger charge is -2.29. The van der Waals surface area contributed by atoms with E-state index in [0.29, 0.717) is 5.02 Å². The second kappa shape index (κ2) is 10.6. The quantitative estimate of drug-likeness (QED) is 0.469. The average molecular weight is 471 g/mol. The Hall–Kier alpha value is -3.20. The maximum atomic E-state index is 12.7. The summed E-state index contributed by atoms with van der Waals surface area (Å²) >= 11 is 6.01. The van der Waals surface area contributed by atoms with Crippen LogP contribution in [0.2, 0.25) is 5.02 Å². The van der Waals surface area contributed by atoms with Crippen molar-refractivity contribution in [1.29, 1.82) is 0 Å². The minimum absolute atomic E-state index is 0.423. The van der Waals surface area contributed by atoms with Crippen molar-refractivity contribution in [1.82, 2.24) is 20.0 Å². The number of amides is 2. The molecule has 3 aromatic rings. The highest BCUT2D eigenvalue weighted by Crippen LogP contribution is 2.23. The van der Waals surface area contributed by atoms with Gasteiger partial charge >= 0.3 is 0 Å². The number of halogens is 1. The first kappa shape index (κ1) is 24.4. The molecule has 0 fully saturated rings. The van der Waals surface area contributed by atoms with Gasteiger partial charge in [-0.15, -0.1) is 0 Å². The lowest BCUT2D eigenvalue weighted by atomic mass is 10.0. The van der Waals surface area contributed by atoms with Gasteiger partial charge in [0.2, 0.25) is 0 Å². The minimum atomic E-state index is -1.92. The van der Waals surface area contributed by atoms with Gasteiger partial charge in [0, 0.05) is 24.5 Å². The van der Waals surface area contributed by atoms with Gasteiger partial charge in [-0.1, -0.05) is 35.9 Å². The van der Waals surface area contributed by atoms with E-state index >= 15 is 0 Å². The number of aliphatic hydroxyl groups excluding tert-OH is 2. The summed E-state index contributed by atoms with van der Waals surface area (Å²) in [4.78, 5) is 26.5. The van der Waals surface area contributed by atoms with Crippen molar-refractivity contribution >= 4 is 23.4 Å². The van der Waals surface area contributed by atoms with Crippen molar-refractivity contribution in [2.75, 3.05) is 7.05 Å². The topological polar surface area (TPSA) is 108 Å². The number of likely N-dealkylation sites (N-methyl/N-ethyl adjacent to an activating group) is 1. The van der Waals surface area contributed by atoms with E-state index in [1.165, 1.54) is 11.9 Å². The zero-order chi connectivity index (χ0) is 24.1. The van der Waals surface area contributed by atoms with Crippen molar-refractivity contribution in [3.8, 4) is 5.69 Å². The molecule has 9 heteroatoms. The Bertz CT molecular complexity index is 1090. The Kier molecular flexibility index (Phi) is 7.86. The number of aliphatic hydroxyl groups is 2. The van der Waals surface area contributed by atoms with Gasteiger partial charge in [-0.05, 0) is 55.3 Å². The predicted octanol–water partition coefficient (Wildman–Crippen LogP) is 2.64. The SMILES string of the molecule is CC(c1cccc(Cl)c1)N(C)C(=O)[C@H](O)[C@@H](O)C(=O)N[C@H](C)c1ccc(-n2cccn2)cc1. The number of nitrogens with one attached hydrogen (secondary N) is 1. The van der Waals surface area contributed by atoms with Crippen LogP contribution >= 0.6 is 11.6 Å². The molecule has 0 spiro atoms. The molecule has 1 unspecified atom stereocenters. The molecule has 4 atom stereocenters. The van der Waals surface area contributed by atoms with Crippen LogP contribution in [0.5, 0.6) is 0 Å². The summed E-state index contributed by atoms with van der Waals surface area (Å²) in [6.45, 7) is 3.51. The molecule has 0 saturated heterocycles. The van der Waals surface area contributed by atoms with Crippen LogP contribution in [-0.2, 0) is 9.59 Å². The number of carbonyl (C=O) groups is 2. The normalized spacial score (nSPS) is 14.7. The Morgan fingerprint density at radius 1 is 1.03 bits per heavy atom. The first-order chi connectivity index (χ1) is 15.7. The van der Waals surface area contributed by atoms with Crippen molar-refractivity contribution in [2.24, 2.45) is 0 Å². The molecule has 33 heavy (non-hydrogen) atoms. The third-order valence-corrected chi connectivity index (χ3v) is 5.84. The lowest BCUT2D eigenvalue weighted by molar-refractivity contribution is -0.153.